The quantitative estimate of drug-likeness (QED) is 0.741. The minimum atomic E-state index is -0.0997. The predicted octanol–water partition coefficient (Wildman–Crippen LogP) is 2.50. The zero-order valence-electron chi connectivity index (χ0n) is 10.3. The average Bonchev–Trinajstić information content (AvgIpc) is 2.51. The molecule has 4 heteroatoms. The number of nitrogens with zero attached hydrogens (tertiary/aromatic N) is 1. The molecule has 0 spiro atoms. The van der Waals surface area contributed by atoms with Gasteiger partial charge in [0, 0.05) is 22.8 Å². The average molecular weight is 231 g/mol. The van der Waals surface area contributed by atoms with Crippen molar-refractivity contribution in [1.29, 1.82) is 0 Å². The molecule has 1 amide bonds. The number of carbonyl (C=O) groups is 1. The van der Waals surface area contributed by atoms with Gasteiger partial charge in [0.15, 0.2) is 0 Å². The Kier molecular flexibility index (Phi) is 2.79. The van der Waals surface area contributed by atoms with E-state index in [0.717, 1.165) is 16.6 Å². The summed E-state index contributed by atoms with van der Waals surface area (Å²) in [7, 11) is 0. The molecule has 2 rings (SSSR count). The molecule has 1 aromatic heterocycles. The molecule has 0 aliphatic rings. The first-order valence-electron chi connectivity index (χ1n) is 5.67. The summed E-state index contributed by atoms with van der Waals surface area (Å²) in [6, 6.07) is 7.54. The molecule has 0 saturated heterocycles. The van der Waals surface area contributed by atoms with E-state index in [4.69, 9.17) is 5.73 Å². The monoisotopic (exact) mass is 231 g/mol. The number of nitrogen functional groups attached to an aromatic ring is 1. The van der Waals surface area contributed by atoms with Gasteiger partial charge in [-0.2, -0.15) is 0 Å². The van der Waals surface area contributed by atoms with Crippen molar-refractivity contribution in [2.45, 2.75) is 26.8 Å². The summed E-state index contributed by atoms with van der Waals surface area (Å²) in [6.07, 6.45) is 0. The molecule has 1 heterocycles. The fraction of sp³-hybridized carbons (Fsp3) is 0.308. The molecule has 0 atom stereocenters. The highest BCUT2D eigenvalue weighted by Crippen LogP contribution is 2.21. The van der Waals surface area contributed by atoms with Crippen LogP contribution in [0.2, 0.25) is 0 Å². The number of aryl methyl sites for hydroxylation is 1. The van der Waals surface area contributed by atoms with Crippen LogP contribution in [0, 0.1) is 6.92 Å². The van der Waals surface area contributed by atoms with Gasteiger partial charge in [-0.15, -0.1) is 0 Å². The Hall–Kier alpha value is -1.97. The molecule has 0 aliphatic heterocycles. The van der Waals surface area contributed by atoms with Crippen molar-refractivity contribution in [3.05, 3.63) is 30.0 Å². The molecule has 4 nitrogen and oxygen atoms in total. The van der Waals surface area contributed by atoms with Crippen molar-refractivity contribution in [1.82, 2.24) is 9.88 Å². The lowest BCUT2D eigenvalue weighted by molar-refractivity contribution is 0.240. The van der Waals surface area contributed by atoms with Crippen molar-refractivity contribution >= 4 is 22.6 Å². The van der Waals surface area contributed by atoms with Gasteiger partial charge in [-0.25, -0.2) is 4.79 Å². The van der Waals surface area contributed by atoms with Crippen LogP contribution in [0.15, 0.2) is 24.3 Å². The minimum Gasteiger partial charge on any atom is -0.399 e. The highest BCUT2D eigenvalue weighted by atomic mass is 16.2. The van der Waals surface area contributed by atoms with Gasteiger partial charge in [0.05, 0.1) is 5.52 Å². The summed E-state index contributed by atoms with van der Waals surface area (Å²) in [5, 5.41) is 3.87. The Morgan fingerprint density at radius 2 is 2.06 bits per heavy atom. The molecular formula is C13H17N3O. The topological polar surface area (TPSA) is 60.0 Å². The molecule has 90 valence electrons. The molecule has 0 bridgehead atoms. The maximum absolute atomic E-state index is 12.1. The molecule has 3 N–H and O–H groups in total. The first-order chi connectivity index (χ1) is 7.99. The van der Waals surface area contributed by atoms with Crippen LogP contribution in [0.5, 0.6) is 0 Å². The number of rotatable bonds is 1. The zero-order chi connectivity index (χ0) is 12.6. The number of aromatic nitrogens is 1. The molecule has 0 fully saturated rings. The van der Waals surface area contributed by atoms with Crippen LogP contribution < -0.4 is 11.1 Å². The lowest BCUT2D eigenvalue weighted by Crippen LogP contribution is -2.34. The van der Waals surface area contributed by atoms with Crippen LogP contribution in [0.1, 0.15) is 19.5 Å². The highest BCUT2D eigenvalue weighted by Gasteiger charge is 2.13. The zero-order valence-corrected chi connectivity index (χ0v) is 10.3. The maximum Gasteiger partial charge on any atom is 0.326 e. The molecule has 0 aliphatic carbocycles. The van der Waals surface area contributed by atoms with Crippen molar-refractivity contribution in [2.24, 2.45) is 0 Å². The van der Waals surface area contributed by atoms with Crippen molar-refractivity contribution in [3.63, 3.8) is 0 Å². The highest BCUT2D eigenvalue weighted by molar-refractivity contribution is 5.94. The minimum absolute atomic E-state index is 0.0997. The number of nitrogens with one attached hydrogen (secondary N) is 1. The number of benzene rings is 1. The van der Waals surface area contributed by atoms with Gasteiger partial charge in [0.2, 0.25) is 0 Å². The summed E-state index contributed by atoms with van der Waals surface area (Å²) >= 11 is 0. The van der Waals surface area contributed by atoms with E-state index >= 15 is 0 Å². The second-order valence-corrected chi connectivity index (χ2v) is 4.54. The third-order valence-corrected chi connectivity index (χ3v) is 2.62. The number of carbonyl (C=O) groups excluding carboxylic acids is 1. The third kappa shape index (κ3) is 2.11. The van der Waals surface area contributed by atoms with Gasteiger partial charge in [-0.3, -0.25) is 4.57 Å². The van der Waals surface area contributed by atoms with Crippen LogP contribution in [0.3, 0.4) is 0 Å². The first-order valence-corrected chi connectivity index (χ1v) is 5.67. The van der Waals surface area contributed by atoms with Gasteiger partial charge in [-0.1, -0.05) is 0 Å². The number of anilines is 1. The molecule has 0 saturated carbocycles. The summed E-state index contributed by atoms with van der Waals surface area (Å²) in [5.41, 5.74) is 8.23. The summed E-state index contributed by atoms with van der Waals surface area (Å²) in [4.78, 5) is 12.1. The second kappa shape index (κ2) is 4.13. The van der Waals surface area contributed by atoms with Gasteiger partial charge >= 0.3 is 6.03 Å². The number of hydrogen-bond acceptors (Lipinski definition) is 2. The second-order valence-electron chi connectivity index (χ2n) is 4.54. The molecule has 0 unspecified atom stereocenters. The number of fused-ring (bicyclic) bond motifs is 1. The molecule has 17 heavy (non-hydrogen) atoms. The Labute approximate surface area is 100 Å². The molecule has 1 aromatic carbocycles. The van der Waals surface area contributed by atoms with Crippen LogP contribution >= 0.6 is 0 Å². The van der Waals surface area contributed by atoms with Crippen LogP contribution in [-0.2, 0) is 0 Å². The molecular weight excluding hydrogens is 214 g/mol. The van der Waals surface area contributed by atoms with E-state index in [1.807, 2.05) is 39.0 Å². The van der Waals surface area contributed by atoms with E-state index in [0.29, 0.717) is 5.69 Å². The fourth-order valence-electron chi connectivity index (χ4n) is 1.95. The van der Waals surface area contributed by atoms with Crippen LogP contribution in [-0.4, -0.2) is 16.6 Å². The Balaban J connectivity index is 2.53. The number of amides is 1. The van der Waals surface area contributed by atoms with Gasteiger partial charge in [0.25, 0.3) is 0 Å². The van der Waals surface area contributed by atoms with E-state index in [9.17, 15) is 4.79 Å². The lowest BCUT2D eigenvalue weighted by Gasteiger charge is -2.11. The lowest BCUT2D eigenvalue weighted by atomic mass is 10.2. The van der Waals surface area contributed by atoms with Gasteiger partial charge < -0.3 is 11.1 Å². The van der Waals surface area contributed by atoms with E-state index in [2.05, 4.69) is 5.32 Å². The van der Waals surface area contributed by atoms with Crippen molar-refractivity contribution in [2.75, 3.05) is 5.73 Å². The van der Waals surface area contributed by atoms with Gasteiger partial charge in [-0.05, 0) is 45.0 Å². The van der Waals surface area contributed by atoms with E-state index in [-0.39, 0.29) is 12.1 Å². The third-order valence-electron chi connectivity index (χ3n) is 2.62. The van der Waals surface area contributed by atoms with E-state index in [1.54, 1.807) is 10.6 Å². The van der Waals surface area contributed by atoms with Crippen molar-refractivity contribution in [3.8, 4) is 0 Å². The van der Waals surface area contributed by atoms with Crippen LogP contribution in [0.25, 0.3) is 10.9 Å². The molecule has 0 radical (unpaired) electrons. The summed E-state index contributed by atoms with van der Waals surface area (Å²) in [6.45, 7) is 5.80. The number of hydrogen-bond donors (Lipinski definition) is 2. The fourth-order valence-corrected chi connectivity index (χ4v) is 1.95. The Bertz CT molecular complexity index is 569. The van der Waals surface area contributed by atoms with Crippen molar-refractivity contribution < 1.29 is 4.79 Å². The maximum atomic E-state index is 12.1. The SMILES string of the molecule is Cc1cc2cc(N)ccc2n1C(=O)NC(C)C. The van der Waals surface area contributed by atoms with E-state index < -0.39 is 0 Å². The first kappa shape index (κ1) is 11.5. The Morgan fingerprint density at radius 3 is 2.71 bits per heavy atom. The summed E-state index contributed by atoms with van der Waals surface area (Å²) < 4.78 is 1.68. The normalized spacial score (nSPS) is 11.1. The predicted molar refractivity (Wildman–Crippen MR) is 70.2 cm³/mol. The standard InChI is InChI=1S/C13H17N3O/c1-8(2)15-13(17)16-9(3)6-10-7-11(14)4-5-12(10)16/h4-8H,14H2,1-3H3,(H,15,17). The molecule has 2 aromatic rings. The van der Waals surface area contributed by atoms with E-state index in [1.165, 1.54) is 0 Å². The smallest absolute Gasteiger partial charge is 0.326 e. The number of nitrogens with two attached hydrogens (primary N) is 1. The summed E-state index contributed by atoms with van der Waals surface area (Å²) in [5.74, 6) is 0. The largest absolute Gasteiger partial charge is 0.399 e. The van der Waals surface area contributed by atoms with Gasteiger partial charge in [0.1, 0.15) is 0 Å². The van der Waals surface area contributed by atoms with Crippen LogP contribution in [0.4, 0.5) is 10.5 Å². The Morgan fingerprint density at radius 1 is 1.35 bits per heavy atom.